The minimum absolute atomic E-state index is 0.354. The van der Waals surface area contributed by atoms with Gasteiger partial charge in [0.1, 0.15) is 0 Å². The minimum Gasteiger partial charge on any atom is -0.389 e. The Labute approximate surface area is 129 Å². The van der Waals surface area contributed by atoms with Gasteiger partial charge in [-0.05, 0) is 45.7 Å². The number of methoxy groups -OCH3 is 1. The van der Waals surface area contributed by atoms with Gasteiger partial charge in [0, 0.05) is 33.3 Å². The summed E-state index contributed by atoms with van der Waals surface area (Å²) >= 11 is 0. The van der Waals surface area contributed by atoms with E-state index < -0.39 is 0 Å². The second-order valence-electron chi connectivity index (χ2n) is 6.83. The van der Waals surface area contributed by atoms with E-state index in [1.807, 2.05) is 0 Å². The van der Waals surface area contributed by atoms with Crippen molar-refractivity contribution >= 4 is 0 Å². The topological polar surface area (TPSA) is 45.2 Å². The number of hydrogen-bond acceptors (Lipinski definition) is 5. The molecule has 0 bridgehead atoms. The maximum Gasteiger partial charge on any atom is 0.0900 e. The first kappa shape index (κ1) is 17.2. The van der Waals surface area contributed by atoms with Crippen LogP contribution in [-0.2, 0) is 9.47 Å². The Morgan fingerprint density at radius 3 is 2.33 bits per heavy atom. The largest absolute Gasteiger partial charge is 0.389 e. The number of aliphatic hydroxyl groups is 1. The molecule has 2 unspecified atom stereocenters. The summed E-state index contributed by atoms with van der Waals surface area (Å²) in [5.74, 6) is 0.790. The molecule has 124 valence electrons. The summed E-state index contributed by atoms with van der Waals surface area (Å²) in [6, 6.07) is 0. The van der Waals surface area contributed by atoms with Crippen molar-refractivity contribution in [3.05, 3.63) is 0 Å². The van der Waals surface area contributed by atoms with Crippen molar-refractivity contribution in [2.45, 2.75) is 45.0 Å². The van der Waals surface area contributed by atoms with Gasteiger partial charge in [-0.2, -0.15) is 0 Å². The van der Waals surface area contributed by atoms with Gasteiger partial charge in [-0.15, -0.1) is 0 Å². The van der Waals surface area contributed by atoms with Crippen LogP contribution in [0.4, 0.5) is 0 Å². The van der Waals surface area contributed by atoms with Gasteiger partial charge in [0.2, 0.25) is 0 Å². The van der Waals surface area contributed by atoms with Gasteiger partial charge < -0.3 is 19.5 Å². The summed E-state index contributed by atoms with van der Waals surface area (Å²) in [6.07, 6.45) is 2.84. The number of piperidine rings is 1. The zero-order valence-electron chi connectivity index (χ0n) is 13.8. The molecule has 2 rings (SSSR count). The van der Waals surface area contributed by atoms with E-state index in [9.17, 15) is 5.11 Å². The minimum atomic E-state index is -0.354. The summed E-state index contributed by atoms with van der Waals surface area (Å²) in [7, 11) is 1.64. The second-order valence-corrected chi connectivity index (χ2v) is 6.83. The van der Waals surface area contributed by atoms with Gasteiger partial charge in [-0.25, -0.2) is 0 Å². The molecule has 2 aliphatic heterocycles. The van der Waals surface area contributed by atoms with Crippen LogP contribution in [0, 0.1) is 5.92 Å². The normalized spacial score (nSPS) is 31.4. The molecular formula is C16H32N2O3. The van der Waals surface area contributed by atoms with Crippen LogP contribution >= 0.6 is 0 Å². The van der Waals surface area contributed by atoms with Crippen LogP contribution < -0.4 is 0 Å². The molecule has 2 saturated heterocycles. The third kappa shape index (κ3) is 5.83. The first-order valence-electron chi connectivity index (χ1n) is 8.34. The second kappa shape index (κ2) is 8.44. The Hall–Kier alpha value is -0.200. The molecule has 2 heterocycles. The zero-order valence-corrected chi connectivity index (χ0v) is 13.8. The quantitative estimate of drug-likeness (QED) is 0.787. The Morgan fingerprint density at radius 1 is 1.14 bits per heavy atom. The highest BCUT2D eigenvalue weighted by Gasteiger charge is 2.27. The Bertz CT molecular complexity index is 285. The lowest BCUT2D eigenvalue weighted by molar-refractivity contribution is -0.0735. The first-order valence-corrected chi connectivity index (χ1v) is 8.34. The average Bonchev–Trinajstić information content (AvgIpc) is 2.40. The van der Waals surface area contributed by atoms with Crippen molar-refractivity contribution in [3.8, 4) is 0 Å². The molecule has 0 amide bonds. The van der Waals surface area contributed by atoms with Crippen LogP contribution in [0.3, 0.4) is 0 Å². The fourth-order valence-electron chi connectivity index (χ4n) is 3.69. The van der Waals surface area contributed by atoms with Crippen LogP contribution in [0.1, 0.15) is 26.7 Å². The van der Waals surface area contributed by atoms with E-state index in [4.69, 9.17) is 9.47 Å². The lowest BCUT2D eigenvalue weighted by Crippen LogP contribution is -2.48. The van der Waals surface area contributed by atoms with Crippen molar-refractivity contribution < 1.29 is 14.6 Å². The van der Waals surface area contributed by atoms with Gasteiger partial charge in [0.05, 0.1) is 24.9 Å². The van der Waals surface area contributed by atoms with E-state index in [0.29, 0.717) is 18.8 Å². The maximum absolute atomic E-state index is 9.80. The maximum atomic E-state index is 9.80. The Kier molecular flexibility index (Phi) is 6.89. The molecule has 0 aromatic rings. The number of nitrogens with zero attached hydrogens (tertiary/aromatic N) is 2. The predicted octanol–water partition coefficient (Wildman–Crippen LogP) is 0.815. The van der Waals surface area contributed by atoms with Crippen molar-refractivity contribution in [2.75, 3.05) is 53.0 Å². The smallest absolute Gasteiger partial charge is 0.0900 e. The van der Waals surface area contributed by atoms with Gasteiger partial charge in [-0.3, -0.25) is 4.90 Å². The number of morpholine rings is 1. The summed E-state index contributed by atoms with van der Waals surface area (Å²) in [4.78, 5) is 4.93. The highest BCUT2D eigenvalue weighted by atomic mass is 16.5. The van der Waals surface area contributed by atoms with Gasteiger partial charge in [0.15, 0.2) is 0 Å². The lowest BCUT2D eigenvalue weighted by atomic mass is 9.95. The summed E-state index contributed by atoms with van der Waals surface area (Å²) < 4.78 is 10.8. The predicted molar refractivity (Wildman–Crippen MR) is 83.5 cm³/mol. The van der Waals surface area contributed by atoms with Gasteiger partial charge in [0.25, 0.3) is 0 Å². The zero-order chi connectivity index (χ0) is 15.2. The standard InChI is InChI=1S/C16H32N2O3/c1-13-8-18(9-14(2)21-13)10-15-4-6-17(7-5-15)11-16(19)12-20-3/h13-16,19H,4-12H2,1-3H3/t13?,14?,16-/m0/s1. The van der Waals surface area contributed by atoms with Crippen molar-refractivity contribution in [2.24, 2.45) is 5.92 Å². The van der Waals surface area contributed by atoms with Gasteiger partial charge in [-0.1, -0.05) is 0 Å². The molecule has 0 aromatic heterocycles. The van der Waals surface area contributed by atoms with E-state index in [2.05, 4.69) is 23.6 Å². The van der Waals surface area contributed by atoms with E-state index in [0.717, 1.165) is 38.6 Å². The van der Waals surface area contributed by atoms with Crippen LogP contribution in [0.25, 0.3) is 0 Å². The van der Waals surface area contributed by atoms with Gasteiger partial charge >= 0.3 is 0 Å². The molecule has 0 radical (unpaired) electrons. The number of hydrogen-bond donors (Lipinski definition) is 1. The highest BCUT2D eigenvalue weighted by Crippen LogP contribution is 2.21. The summed E-state index contributed by atoms with van der Waals surface area (Å²) in [5, 5.41) is 9.80. The molecule has 3 atom stereocenters. The van der Waals surface area contributed by atoms with E-state index >= 15 is 0 Å². The number of β-amino-alcohol motifs (C(OH)–C–C–N with tert-alkyl or cyclic N) is 1. The molecule has 0 aromatic carbocycles. The number of rotatable bonds is 6. The van der Waals surface area contributed by atoms with E-state index in [1.165, 1.54) is 19.4 Å². The molecule has 2 aliphatic rings. The van der Waals surface area contributed by atoms with Crippen LogP contribution in [0.15, 0.2) is 0 Å². The molecule has 0 aliphatic carbocycles. The molecule has 21 heavy (non-hydrogen) atoms. The fraction of sp³-hybridized carbons (Fsp3) is 1.00. The van der Waals surface area contributed by atoms with E-state index in [-0.39, 0.29) is 6.10 Å². The number of likely N-dealkylation sites (tertiary alicyclic amines) is 1. The fourth-order valence-corrected chi connectivity index (χ4v) is 3.69. The molecular weight excluding hydrogens is 268 g/mol. The molecule has 0 saturated carbocycles. The molecule has 0 spiro atoms. The number of ether oxygens (including phenoxy) is 2. The van der Waals surface area contributed by atoms with Crippen LogP contribution in [-0.4, -0.2) is 86.2 Å². The highest BCUT2D eigenvalue weighted by molar-refractivity contribution is 4.80. The third-order valence-corrected chi connectivity index (χ3v) is 4.55. The average molecular weight is 300 g/mol. The third-order valence-electron chi connectivity index (χ3n) is 4.55. The SMILES string of the molecule is COC[C@@H](O)CN1CCC(CN2CC(C)OC(C)C2)CC1. The van der Waals surface area contributed by atoms with Crippen LogP contribution in [0.5, 0.6) is 0 Å². The summed E-state index contributed by atoms with van der Waals surface area (Å²) in [6.45, 7) is 11.0. The molecule has 5 nitrogen and oxygen atoms in total. The summed E-state index contributed by atoms with van der Waals surface area (Å²) in [5.41, 5.74) is 0. The number of aliphatic hydroxyl groups excluding tert-OH is 1. The monoisotopic (exact) mass is 300 g/mol. The van der Waals surface area contributed by atoms with Crippen molar-refractivity contribution in [3.63, 3.8) is 0 Å². The Morgan fingerprint density at radius 2 is 1.76 bits per heavy atom. The van der Waals surface area contributed by atoms with Crippen molar-refractivity contribution in [1.29, 1.82) is 0 Å². The molecule has 1 N–H and O–H groups in total. The lowest BCUT2D eigenvalue weighted by Gasteiger charge is -2.39. The van der Waals surface area contributed by atoms with E-state index in [1.54, 1.807) is 7.11 Å². The Balaban J connectivity index is 1.67. The molecule has 5 heteroatoms. The van der Waals surface area contributed by atoms with Crippen LogP contribution in [0.2, 0.25) is 0 Å². The van der Waals surface area contributed by atoms with Crippen molar-refractivity contribution in [1.82, 2.24) is 9.80 Å². The molecule has 2 fully saturated rings. The first-order chi connectivity index (χ1) is 10.1.